The molecule has 0 N–H and O–H groups in total. The lowest BCUT2D eigenvalue weighted by atomic mass is 10.3. The Kier molecular flexibility index (Phi) is 4.73. The Morgan fingerprint density at radius 2 is 1.79 bits per heavy atom. The van der Waals surface area contributed by atoms with Crippen LogP contribution in [0.5, 0.6) is 5.75 Å². The molecule has 0 saturated heterocycles. The minimum absolute atomic E-state index is 0.285. The first-order chi connectivity index (χ1) is 6.75. The predicted octanol–water partition coefficient (Wildman–Crippen LogP) is 3.05. The molecular weight excluding hydrogens is 206 g/mol. The number of hydrogen-bond donors (Lipinski definition) is 1. The van der Waals surface area contributed by atoms with Crippen molar-refractivity contribution in [1.29, 1.82) is 0 Å². The maximum Gasteiger partial charge on any atom is 0.190 e. The number of benzene rings is 1. The largest absolute Gasteiger partial charge is 0.488 e. The van der Waals surface area contributed by atoms with E-state index in [9.17, 15) is 8.78 Å². The van der Waals surface area contributed by atoms with Crippen molar-refractivity contribution in [3.05, 3.63) is 29.8 Å². The van der Waals surface area contributed by atoms with Crippen LogP contribution in [0.4, 0.5) is 8.78 Å². The van der Waals surface area contributed by atoms with Crippen LogP contribution in [0.15, 0.2) is 18.2 Å². The fourth-order valence-corrected chi connectivity index (χ4v) is 1.23. The maximum absolute atomic E-state index is 13.0. The van der Waals surface area contributed by atoms with Gasteiger partial charge in [0.2, 0.25) is 0 Å². The number of hydrogen-bond acceptors (Lipinski definition) is 2. The molecule has 0 fully saturated rings. The van der Waals surface area contributed by atoms with E-state index in [1.54, 1.807) is 0 Å². The van der Waals surface area contributed by atoms with Gasteiger partial charge in [-0.2, -0.15) is 12.6 Å². The Morgan fingerprint density at radius 1 is 1.14 bits per heavy atom. The van der Waals surface area contributed by atoms with Crippen molar-refractivity contribution in [3.63, 3.8) is 0 Å². The molecule has 14 heavy (non-hydrogen) atoms. The number of ether oxygens (including phenoxy) is 1. The summed E-state index contributed by atoms with van der Waals surface area (Å²) in [4.78, 5) is 0. The van der Waals surface area contributed by atoms with Gasteiger partial charge in [-0.1, -0.05) is 6.07 Å². The monoisotopic (exact) mass is 218 g/mol. The molecule has 0 atom stereocenters. The molecule has 1 aromatic carbocycles. The molecule has 1 aromatic rings. The van der Waals surface area contributed by atoms with Crippen molar-refractivity contribution in [1.82, 2.24) is 0 Å². The first-order valence-electron chi connectivity index (χ1n) is 4.43. The van der Waals surface area contributed by atoms with Crippen molar-refractivity contribution in [2.45, 2.75) is 12.8 Å². The Labute approximate surface area is 87.5 Å². The normalized spacial score (nSPS) is 10.2. The summed E-state index contributed by atoms with van der Waals surface area (Å²) < 4.78 is 30.9. The third kappa shape index (κ3) is 3.18. The van der Waals surface area contributed by atoms with Gasteiger partial charge in [0, 0.05) is 0 Å². The van der Waals surface area contributed by atoms with Crippen molar-refractivity contribution < 1.29 is 13.5 Å². The van der Waals surface area contributed by atoms with Gasteiger partial charge in [-0.3, -0.25) is 0 Å². The Hall–Kier alpha value is -0.770. The van der Waals surface area contributed by atoms with E-state index < -0.39 is 11.6 Å². The van der Waals surface area contributed by atoms with E-state index in [2.05, 4.69) is 12.6 Å². The molecule has 0 spiro atoms. The van der Waals surface area contributed by atoms with Gasteiger partial charge in [0.25, 0.3) is 0 Å². The van der Waals surface area contributed by atoms with Crippen molar-refractivity contribution >= 4 is 12.6 Å². The lowest BCUT2D eigenvalue weighted by Crippen LogP contribution is -2.01. The Morgan fingerprint density at radius 3 is 2.36 bits per heavy atom. The van der Waals surface area contributed by atoms with Crippen LogP contribution < -0.4 is 4.74 Å². The van der Waals surface area contributed by atoms with Crippen LogP contribution in [0.2, 0.25) is 0 Å². The average molecular weight is 218 g/mol. The number of rotatable bonds is 5. The highest BCUT2D eigenvalue weighted by atomic mass is 32.1. The molecule has 0 aliphatic carbocycles. The Bertz CT molecular complexity index is 271. The standard InChI is InChI=1S/C10H12F2OS/c11-8-4-3-5-9(12)10(8)13-6-1-2-7-14/h3-5,14H,1-2,6-7H2. The molecule has 0 bridgehead atoms. The smallest absolute Gasteiger partial charge is 0.190 e. The summed E-state index contributed by atoms with van der Waals surface area (Å²) in [6, 6.07) is 3.67. The summed E-state index contributed by atoms with van der Waals surface area (Å²) in [5.41, 5.74) is 0. The van der Waals surface area contributed by atoms with Crippen LogP contribution in [-0.4, -0.2) is 12.4 Å². The zero-order valence-corrected chi connectivity index (χ0v) is 8.57. The molecule has 0 aliphatic heterocycles. The summed E-state index contributed by atoms with van der Waals surface area (Å²) in [5.74, 6) is -0.846. The summed E-state index contributed by atoms with van der Waals surface area (Å²) in [5, 5.41) is 0. The maximum atomic E-state index is 13.0. The fraction of sp³-hybridized carbons (Fsp3) is 0.400. The molecule has 0 amide bonds. The van der Waals surface area contributed by atoms with Gasteiger partial charge in [-0.05, 0) is 30.7 Å². The van der Waals surface area contributed by atoms with Gasteiger partial charge in [-0.15, -0.1) is 0 Å². The second-order valence-corrected chi connectivity index (χ2v) is 3.28. The van der Waals surface area contributed by atoms with Gasteiger partial charge < -0.3 is 4.74 Å². The van der Waals surface area contributed by atoms with Gasteiger partial charge in [0.15, 0.2) is 17.4 Å². The zero-order chi connectivity index (χ0) is 10.4. The van der Waals surface area contributed by atoms with Crippen molar-refractivity contribution in [3.8, 4) is 5.75 Å². The minimum Gasteiger partial charge on any atom is -0.488 e. The predicted molar refractivity (Wildman–Crippen MR) is 54.9 cm³/mol. The van der Waals surface area contributed by atoms with Gasteiger partial charge in [0.05, 0.1) is 6.61 Å². The molecule has 0 saturated carbocycles. The van der Waals surface area contributed by atoms with Crippen molar-refractivity contribution in [2.75, 3.05) is 12.4 Å². The number of para-hydroxylation sites is 1. The van der Waals surface area contributed by atoms with Crippen LogP contribution >= 0.6 is 12.6 Å². The third-order valence-corrected chi connectivity index (χ3v) is 2.03. The fourth-order valence-electron chi connectivity index (χ4n) is 1.01. The third-order valence-electron chi connectivity index (χ3n) is 1.72. The van der Waals surface area contributed by atoms with Crippen LogP contribution in [0.25, 0.3) is 0 Å². The van der Waals surface area contributed by atoms with E-state index in [0.29, 0.717) is 6.61 Å². The molecule has 1 nitrogen and oxygen atoms in total. The molecule has 1 rings (SSSR count). The molecule has 78 valence electrons. The molecule has 0 radical (unpaired) electrons. The van der Waals surface area contributed by atoms with Crippen LogP contribution in [0.1, 0.15) is 12.8 Å². The van der Waals surface area contributed by atoms with Crippen LogP contribution in [0, 0.1) is 11.6 Å². The van der Waals surface area contributed by atoms with Crippen molar-refractivity contribution in [2.24, 2.45) is 0 Å². The highest BCUT2D eigenvalue weighted by molar-refractivity contribution is 7.80. The Balaban J connectivity index is 2.49. The molecule has 0 aliphatic rings. The SMILES string of the molecule is Fc1cccc(F)c1OCCCCS. The summed E-state index contributed by atoms with van der Waals surface area (Å²) >= 11 is 4.02. The first-order valence-corrected chi connectivity index (χ1v) is 5.06. The molecule has 4 heteroatoms. The lowest BCUT2D eigenvalue weighted by molar-refractivity contribution is 0.279. The van der Waals surface area contributed by atoms with E-state index >= 15 is 0 Å². The van der Waals surface area contributed by atoms with Gasteiger partial charge in [-0.25, -0.2) is 8.78 Å². The molecule has 0 aromatic heterocycles. The highest BCUT2D eigenvalue weighted by Gasteiger charge is 2.08. The van der Waals surface area contributed by atoms with E-state index in [4.69, 9.17) is 4.74 Å². The summed E-state index contributed by atoms with van der Waals surface area (Å²) in [6.45, 7) is 0.318. The van der Waals surface area contributed by atoms with Gasteiger partial charge in [0.1, 0.15) is 0 Å². The summed E-state index contributed by atoms with van der Waals surface area (Å²) in [6.07, 6.45) is 1.62. The topological polar surface area (TPSA) is 9.23 Å². The first kappa shape index (κ1) is 11.3. The van der Waals surface area contributed by atoms with Crippen LogP contribution in [0.3, 0.4) is 0 Å². The summed E-state index contributed by atoms with van der Waals surface area (Å²) in [7, 11) is 0. The number of halogens is 2. The van der Waals surface area contributed by atoms with E-state index in [1.807, 2.05) is 0 Å². The van der Waals surface area contributed by atoms with Gasteiger partial charge >= 0.3 is 0 Å². The molecule has 0 heterocycles. The quantitative estimate of drug-likeness (QED) is 0.590. The van der Waals surface area contributed by atoms with E-state index in [1.165, 1.54) is 18.2 Å². The second kappa shape index (κ2) is 5.86. The van der Waals surface area contributed by atoms with E-state index in [-0.39, 0.29) is 5.75 Å². The number of unbranched alkanes of at least 4 members (excludes halogenated alkanes) is 1. The molecular formula is C10H12F2OS. The average Bonchev–Trinajstić information content (AvgIpc) is 2.16. The second-order valence-electron chi connectivity index (χ2n) is 2.83. The molecule has 0 unspecified atom stereocenters. The highest BCUT2D eigenvalue weighted by Crippen LogP contribution is 2.20. The minimum atomic E-state index is -0.657. The lowest BCUT2D eigenvalue weighted by Gasteiger charge is -2.07. The van der Waals surface area contributed by atoms with Crippen LogP contribution in [-0.2, 0) is 0 Å². The van der Waals surface area contributed by atoms with E-state index in [0.717, 1.165) is 18.6 Å². The zero-order valence-electron chi connectivity index (χ0n) is 7.67. The number of thiol groups is 1.